The van der Waals surface area contributed by atoms with Gasteiger partial charge in [0.15, 0.2) is 0 Å². The van der Waals surface area contributed by atoms with Crippen LogP contribution in [0.3, 0.4) is 0 Å². The van der Waals surface area contributed by atoms with Gasteiger partial charge in [-0.2, -0.15) is 0 Å². The fourth-order valence-electron chi connectivity index (χ4n) is 2.03. The van der Waals surface area contributed by atoms with E-state index in [0.717, 1.165) is 0 Å². The zero-order valence-corrected chi connectivity index (χ0v) is 12.8. The van der Waals surface area contributed by atoms with Gasteiger partial charge in [-0.05, 0) is 37.0 Å². The Morgan fingerprint density at radius 1 is 1.12 bits per heavy atom. The Morgan fingerprint density at radius 2 is 1.69 bits per heavy atom. The summed E-state index contributed by atoms with van der Waals surface area (Å²) in [5.74, 6) is 2.93. The zero-order valence-electron chi connectivity index (χ0n) is 11.8. The standard InChI is InChI=1S/C14H26OSi/c1-10(2)12-8-9-13(11(3)4)14(12)15-16(5,6)7/h8-12H,1-7H3. The lowest BCUT2D eigenvalue weighted by atomic mass is 9.94. The maximum atomic E-state index is 6.30. The average molecular weight is 238 g/mol. The summed E-state index contributed by atoms with van der Waals surface area (Å²) >= 11 is 0. The summed E-state index contributed by atoms with van der Waals surface area (Å²) in [7, 11) is -1.50. The largest absolute Gasteiger partial charge is 0.547 e. The van der Waals surface area contributed by atoms with Crippen molar-refractivity contribution in [3.8, 4) is 0 Å². The van der Waals surface area contributed by atoms with E-state index in [2.05, 4.69) is 59.5 Å². The maximum Gasteiger partial charge on any atom is 0.241 e. The van der Waals surface area contributed by atoms with Crippen LogP contribution in [0.5, 0.6) is 0 Å². The van der Waals surface area contributed by atoms with E-state index < -0.39 is 8.32 Å². The summed E-state index contributed by atoms with van der Waals surface area (Å²) in [5, 5.41) is 0. The molecule has 0 aromatic rings. The van der Waals surface area contributed by atoms with Gasteiger partial charge in [0.25, 0.3) is 0 Å². The normalized spacial score (nSPS) is 21.4. The number of allylic oxidation sites excluding steroid dienone is 3. The Hall–Kier alpha value is -0.503. The highest BCUT2D eigenvalue weighted by Crippen LogP contribution is 2.36. The third-order valence-electron chi connectivity index (χ3n) is 2.83. The minimum atomic E-state index is -1.50. The van der Waals surface area contributed by atoms with Gasteiger partial charge in [0, 0.05) is 5.92 Å². The number of hydrogen-bond donors (Lipinski definition) is 0. The molecule has 0 aromatic heterocycles. The third-order valence-corrected chi connectivity index (χ3v) is 3.66. The van der Waals surface area contributed by atoms with Crippen LogP contribution in [0, 0.1) is 17.8 Å². The van der Waals surface area contributed by atoms with E-state index >= 15 is 0 Å². The first-order chi connectivity index (χ1) is 7.22. The highest BCUT2D eigenvalue weighted by atomic mass is 28.4. The van der Waals surface area contributed by atoms with Gasteiger partial charge >= 0.3 is 0 Å². The Bertz CT molecular complexity index is 305. The van der Waals surface area contributed by atoms with Crippen LogP contribution in [0.4, 0.5) is 0 Å². The lowest BCUT2D eigenvalue weighted by molar-refractivity contribution is 0.326. The molecule has 0 saturated heterocycles. The molecule has 1 unspecified atom stereocenters. The molecule has 0 fully saturated rings. The molecular formula is C14H26OSi. The van der Waals surface area contributed by atoms with Crippen LogP contribution in [0.15, 0.2) is 23.5 Å². The summed E-state index contributed by atoms with van der Waals surface area (Å²) in [6.07, 6.45) is 4.58. The highest BCUT2D eigenvalue weighted by molar-refractivity contribution is 6.70. The molecule has 92 valence electrons. The van der Waals surface area contributed by atoms with Gasteiger partial charge in [-0.15, -0.1) is 0 Å². The quantitative estimate of drug-likeness (QED) is 0.651. The maximum absolute atomic E-state index is 6.30. The monoisotopic (exact) mass is 238 g/mol. The van der Waals surface area contributed by atoms with Gasteiger partial charge in [0.05, 0.1) is 5.76 Å². The lowest BCUT2D eigenvalue weighted by Crippen LogP contribution is -2.28. The second-order valence-corrected chi connectivity index (χ2v) is 10.7. The SMILES string of the molecule is CC(C)C1=C(O[Si](C)(C)C)C(C(C)C)C=C1. The zero-order chi connectivity index (χ0) is 12.5. The van der Waals surface area contributed by atoms with Crippen molar-refractivity contribution in [1.29, 1.82) is 0 Å². The molecule has 0 saturated carbocycles. The van der Waals surface area contributed by atoms with Crippen molar-refractivity contribution in [2.45, 2.75) is 47.3 Å². The van der Waals surface area contributed by atoms with E-state index in [1.54, 1.807) is 0 Å². The number of rotatable bonds is 4. The summed E-state index contributed by atoms with van der Waals surface area (Å²) in [5.41, 5.74) is 1.40. The summed E-state index contributed by atoms with van der Waals surface area (Å²) < 4.78 is 6.30. The van der Waals surface area contributed by atoms with Crippen molar-refractivity contribution in [3.63, 3.8) is 0 Å². The van der Waals surface area contributed by atoms with Gasteiger partial charge in [-0.3, -0.25) is 0 Å². The molecule has 1 aliphatic carbocycles. The van der Waals surface area contributed by atoms with Crippen molar-refractivity contribution in [2.24, 2.45) is 17.8 Å². The average Bonchev–Trinajstić information content (AvgIpc) is 2.44. The summed E-state index contributed by atoms with van der Waals surface area (Å²) in [6.45, 7) is 15.8. The van der Waals surface area contributed by atoms with E-state index in [1.165, 1.54) is 11.3 Å². The van der Waals surface area contributed by atoms with Crippen molar-refractivity contribution >= 4 is 8.32 Å². The van der Waals surface area contributed by atoms with Crippen LogP contribution >= 0.6 is 0 Å². The molecule has 1 aliphatic rings. The molecule has 0 N–H and O–H groups in total. The first-order valence-corrected chi connectivity index (χ1v) is 9.74. The van der Waals surface area contributed by atoms with Crippen molar-refractivity contribution in [2.75, 3.05) is 0 Å². The smallest absolute Gasteiger partial charge is 0.241 e. The molecule has 0 heterocycles. The van der Waals surface area contributed by atoms with E-state index in [1.807, 2.05) is 0 Å². The molecule has 0 aromatic carbocycles. The van der Waals surface area contributed by atoms with Crippen LogP contribution in [0.1, 0.15) is 27.7 Å². The highest BCUT2D eigenvalue weighted by Gasteiger charge is 2.30. The Morgan fingerprint density at radius 3 is 2.06 bits per heavy atom. The molecule has 0 spiro atoms. The summed E-state index contributed by atoms with van der Waals surface area (Å²) in [4.78, 5) is 0. The van der Waals surface area contributed by atoms with Crippen molar-refractivity contribution < 1.29 is 4.43 Å². The molecule has 0 bridgehead atoms. The van der Waals surface area contributed by atoms with Gasteiger partial charge in [0.2, 0.25) is 8.32 Å². The topological polar surface area (TPSA) is 9.23 Å². The van der Waals surface area contributed by atoms with Gasteiger partial charge in [-0.25, -0.2) is 0 Å². The fourth-order valence-corrected chi connectivity index (χ4v) is 2.94. The molecule has 2 heteroatoms. The predicted molar refractivity (Wildman–Crippen MR) is 73.8 cm³/mol. The fraction of sp³-hybridized carbons (Fsp3) is 0.714. The van der Waals surface area contributed by atoms with Crippen LogP contribution in [0.25, 0.3) is 0 Å². The van der Waals surface area contributed by atoms with Gasteiger partial charge < -0.3 is 4.43 Å². The minimum absolute atomic E-state index is 0.490. The van der Waals surface area contributed by atoms with Gasteiger partial charge in [0.1, 0.15) is 0 Å². The molecule has 16 heavy (non-hydrogen) atoms. The van der Waals surface area contributed by atoms with Crippen LogP contribution < -0.4 is 0 Å². The minimum Gasteiger partial charge on any atom is -0.547 e. The van der Waals surface area contributed by atoms with Crippen molar-refractivity contribution in [3.05, 3.63) is 23.5 Å². The second-order valence-electron chi connectivity index (χ2n) is 6.32. The van der Waals surface area contributed by atoms with E-state index in [-0.39, 0.29) is 0 Å². The lowest BCUT2D eigenvalue weighted by Gasteiger charge is -2.28. The van der Waals surface area contributed by atoms with E-state index in [0.29, 0.717) is 17.8 Å². The Balaban J connectivity index is 2.99. The Kier molecular flexibility index (Phi) is 4.05. The Labute approximate surface area is 102 Å². The molecule has 0 aliphatic heterocycles. The van der Waals surface area contributed by atoms with Crippen LogP contribution in [-0.4, -0.2) is 8.32 Å². The molecule has 1 atom stereocenters. The predicted octanol–water partition coefficient (Wildman–Crippen LogP) is 4.59. The van der Waals surface area contributed by atoms with Crippen LogP contribution in [0.2, 0.25) is 19.6 Å². The molecule has 1 rings (SSSR count). The first kappa shape index (κ1) is 13.6. The molecule has 1 nitrogen and oxygen atoms in total. The van der Waals surface area contributed by atoms with Crippen LogP contribution in [-0.2, 0) is 4.43 Å². The second kappa shape index (κ2) is 4.78. The molecular weight excluding hydrogens is 212 g/mol. The van der Waals surface area contributed by atoms with E-state index in [9.17, 15) is 0 Å². The van der Waals surface area contributed by atoms with Crippen molar-refractivity contribution in [1.82, 2.24) is 0 Å². The molecule has 0 amide bonds. The number of hydrogen-bond acceptors (Lipinski definition) is 1. The van der Waals surface area contributed by atoms with E-state index in [4.69, 9.17) is 4.43 Å². The first-order valence-electron chi connectivity index (χ1n) is 6.33. The third kappa shape index (κ3) is 3.24. The molecule has 0 radical (unpaired) electrons. The van der Waals surface area contributed by atoms with Gasteiger partial charge in [-0.1, -0.05) is 39.8 Å². The summed E-state index contributed by atoms with van der Waals surface area (Å²) in [6, 6.07) is 0.